The van der Waals surface area contributed by atoms with Crippen LogP contribution >= 0.6 is 15.9 Å². The fraction of sp³-hybridized carbons (Fsp3) is 0.562. The smallest absolute Gasteiger partial charge is 0.251 e. The zero-order valence-electron chi connectivity index (χ0n) is 12.5. The molecule has 0 saturated carbocycles. The molecule has 0 aliphatic heterocycles. The van der Waals surface area contributed by atoms with E-state index in [0.29, 0.717) is 18.1 Å². The second kappa shape index (κ2) is 9.01. The summed E-state index contributed by atoms with van der Waals surface area (Å²) in [6, 6.07) is 7.54. The fourth-order valence-corrected chi connectivity index (χ4v) is 2.38. The minimum absolute atomic E-state index is 0.0356. The van der Waals surface area contributed by atoms with Crippen LogP contribution in [0.15, 0.2) is 24.3 Å². The average molecular weight is 342 g/mol. The van der Waals surface area contributed by atoms with E-state index in [4.69, 9.17) is 4.74 Å². The van der Waals surface area contributed by atoms with Crippen LogP contribution in [-0.4, -0.2) is 23.9 Å². The number of hydrogen-bond acceptors (Lipinski definition) is 2. The van der Waals surface area contributed by atoms with Crippen molar-refractivity contribution in [2.24, 2.45) is 5.92 Å². The summed E-state index contributed by atoms with van der Waals surface area (Å²) in [6.45, 7) is 6.97. The van der Waals surface area contributed by atoms with Crippen LogP contribution in [0.5, 0.6) is 5.75 Å². The van der Waals surface area contributed by atoms with Gasteiger partial charge in [0.25, 0.3) is 5.91 Å². The number of carbonyl (C=O) groups is 1. The molecule has 1 atom stereocenters. The molecular weight excluding hydrogens is 318 g/mol. The Morgan fingerprint density at radius 1 is 1.40 bits per heavy atom. The molecule has 0 fully saturated rings. The highest BCUT2D eigenvalue weighted by molar-refractivity contribution is 9.09. The van der Waals surface area contributed by atoms with Crippen molar-refractivity contribution in [3.05, 3.63) is 29.8 Å². The first-order valence-electron chi connectivity index (χ1n) is 7.18. The van der Waals surface area contributed by atoms with Gasteiger partial charge in [0.2, 0.25) is 0 Å². The topological polar surface area (TPSA) is 38.3 Å². The van der Waals surface area contributed by atoms with Gasteiger partial charge in [-0.15, -0.1) is 0 Å². The largest absolute Gasteiger partial charge is 0.494 e. The molecule has 1 rings (SSSR count). The molecule has 3 nitrogen and oxygen atoms in total. The lowest BCUT2D eigenvalue weighted by molar-refractivity contribution is 0.0924. The summed E-state index contributed by atoms with van der Waals surface area (Å²) in [6.07, 6.45) is 1.88. The third-order valence-corrected chi connectivity index (χ3v) is 3.57. The lowest BCUT2D eigenvalue weighted by atomic mass is 10.0. The van der Waals surface area contributed by atoms with Gasteiger partial charge in [0, 0.05) is 16.9 Å². The molecule has 0 radical (unpaired) electrons. The predicted octanol–water partition coefficient (Wildman–Crippen LogP) is 4.01. The van der Waals surface area contributed by atoms with Gasteiger partial charge in [-0.05, 0) is 37.0 Å². The molecule has 0 bridgehead atoms. The number of benzene rings is 1. The molecule has 1 aromatic rings. The van der Waals surface area contributed by atoms with E-state index >= 15 is 0 Å². The van der Waals surface area contributed by atoms with Gasteiger partial charge in [-0.3, -0.25) is 4.79 Å². The molecule has 0 heterocycles. The summed E-state index contributed by atoms with van der Waals surface area (Å²) in [7, 11) is 0. The molecule has 4 heteroatoms. The van der Waals surface area contributed by atoms with Crippen LogP contribution in [0.2, 0.25) is 0 Å². The lowest BCUT2D eigenvalue weighted by Gasteiger charge is -2.21. The number of carbonyl (C=O) groups excluding carboxylic acids is 1. The fourth-order valence-electron chi connectivity index (χ4n) is 1.89. The van der Waals surface area contributed by atoms with E-state index < -0.39 is 0 Å². The maximum absolute atomic E-state index is 12.3. The van der Waals surface area contributed by atoms with Crippen molar-refractivity contribution in [1.82, 2.24) is 5.32 Å². The zero-order chi connectivity index (χ0) is 15.0. The van der Waals surface area contributed by atoms with E-state index in [1.807, 2.05) is 18.2 Å². The second-order valence-electron chi connectivity index (χ2n) is 5.18. The van der Waals surface area contributed by atoms with Crippen LogP contribution in [0.25, 0.3) is 0 Å². The Morgan fingerprint density at radius 3 is 2.75 bits per heavy atom. The Kier molecular flexibility index (Phi) is 7.67. The van der Waals surface area contributed by atoms with E-state index in [9.17, 15) is 4.79 Å². The molecule has 0 aromatic heterocycles. The molecule has 1 N–H and O–H groups in total. The lowest BCUT2D eigenvalue weighted by Crippen LogP contribution is -2.38. The minimum Gasteiger partial charge on any atom is -0.494 e. The molecule has 1 amide bonds. The van der Waals surface area contributed by atoms with E-state index in [2.05, 4.69) is 42.0 Å². The van der Waals surface area contributed by atoms with Gasteiger partial charge in [0.15, 0.2) is 0 Å². The number of ether oxygens (including phenoxy) is 1. The summed E-state index contributed by atoms with van der Waals surface area (Å²) in [5, 5.41) is 3.98. The van der Waals surface area contributed by atoms with Gasteiger partial charge in [-0.1, -0.05) is 42.8 Å². The van der Waals surface area contributed by atoms with Crippen LogP contribution in [0.4, 0.5) is 0 Å². The van der Waals surface area contributed by atoms with E-state index in [1.54, 1.807) is 6.07 Å². The first-order chi connectivity index (χ1) is 9.58. The molecule has 0 aliphatic rings. The number of alkyl halides is 1. The molecule has 1 aromatic carbocycles. The van der Waals surface area contributed by atoms with Crippen molar-refractivity contribution in [2.45, 2.75) is 39.7 Å². The third kappa shape index (κ3) is 5.53. The number of rotatable bonds is 8. The first-order valence-corrected chi connectivity index (χ1v) is 8.30. The summed E-state index contributed by atoms with van der Waals surface area (Å²) in [5.41, 5.74) is 0.652. The zero-order valence-corrected chi connectivity index (χ0v) is 14.1. The molecule has 20 heavy (non-hydrogen) atoms. The van der Waals surface area contributed by atoms with Crippen molar-refractivity contribution < 1.29 is 9.53 Å². The molecule has 0 saturated heterocycles. The van der Waals surface area contributed by atoms with Gasteiger partial charge in [0.05, 0.1) is 6.61 Å². The molecular formula is C16H24BrNO2. The number of halogens is 1. The Bertz CT molecular complexity index is 421. The number of hydrogen-bond donors (Lipinski definition) is 1. The van der Waals surface area contributed by atoms with Gasteiger partial charge in [-0.2, -0.15) is 0 Å². The van der Waals surface area contributed by atoms with Crippen LogP contribution < -0.4 is 10.1 Å². The van der Waals surface area contributed by atoms with E-state index in [-0.39, 0.29) is 11.9 Å². The molecule has 112 valence electrons. The Balaban J connectivity index is 2.70. The summed E-state index contributed by atoms with van der Waals surface area (Å²) in [5.74, 6) is 1.13. The Hall–Kier alpha value is -1.03. The first kappa shape index (κ1) is 17.0. The summed E-state index contributed by atoms with van der Waals surface area (Å²) in [4.78, 5) is 12.3. The number of nitrogens with one attached hydrogen (secondary N) is 1. The second-order valence-corrected chi connectivity index (χ2v) is 5.97. The normalized spacial score (nSPS) is 12.2. The van der Waals surface area contributed by atoms with Crippen LogP contribution in [0.3, 0.4) is 0 Å². The quantitative estimate of drug-likeness (QED) is 0.725. The highest BCUT2D eigenvalue weighted by Crippen LogP contribution is 2.15. The van der Waals surface area contributed by atoms with E-state index in [0.717, 1.165) is 23.9 Å². The molecule has 0 spiro atoms. The van der Waals surface area contributed by atoms with Crippen molar-refractivity contribution >= 4 is 21.8 Å². The monoisotopic (exact) mass is 341 g/mol. The predicted molar refractivity (Wildman–Crippen MR) is 86.7 cm³/mol. The third-order valence-electron chi connectivity index (χ3n) is 3.11. The van der Waals surface area contributed by atoms with Crippen molar-refractivity contribution in [3.63, 3.8) is 0 Å². The molecule has 0 aliphatic carbocycles. The van der Waals surface area contributed by atoms with Crippen molar-refractivity contribution in [1.29, 1.82) is 0 Å². The van der Waals surface area contributed by atoms with Crippen LogP contribution in [-0.2, 0) is 0 Å². The summed E-state index contributed by atoms with van der Waals surface area (Å²) >= 11 is 3.43. The molecule has 1 unspecified atom stereocenters. The maximum atomic E-state index is 12.3. The highest BCUT2D eigenvalue weighted by Gasteiger charge is 2.16. The average Bonchev–Trinajstić information content (AvgIpc) is 2.44. The van der Waals surface area contributed by atoms with Crippen LogP contribution in [0, 0.1) is 5.92 Å². The minimum atomic E-state index is -0.0356. The SMILES string of the molecule is CCCOc1cccc(C(=O)NC(CCBr)C(C)C)c1. The number of amides is 1. The van der Waals surface area contributed by atoms with Crippen molar-refractivity contribution in [3.8, 4) is 5.75 Å². The van der Waals surface area contributed by atoms with Crippen LogP contribution in [0.1, 0.15) is 44.0 Å². The standard InChI is InChI=1S/C16H24BrNO2/c1-4-10-20-14-7-5-6-13(11-14)16(19)18-15(8-9-17)12(2)3/h5-7,11-12,15H,4,8-10H2,1-3H3,(H,18,19). The van der Waals surface area contributed by atoms with Gasteiger partial charge in [0.1, 0.15) is 5.75 Å². The highest BCUT2D eigenvalue weighted by atomic mass is 79.9. The van der Waals surface area contributed by atoms with E-state index in [1.165, 1.54) is 0 Å². The van der Waals surface area contributed by atoms with Gasteiger partial charge < -0.3 is 10.1 Å². The summed E-state index contributed by atoms with van der Waals surface area (Å²) < 4.78 is 5.56. The maximum Gasteiger partial charge on any atom is 0.251 e. The van der Waals surface area contributed by atoms with Gasteiger partial charge >= 0.3 is 0 Å². The van der Waals surface area contributed by atoms with Crippen molar-refractivity contribution in [2.75, 3.05) is 11.9 Å². The van der Waals surface area contributed by atoms with Gasteiger partial charge in [-0.25, -0.2) is 0 Å². The Labute approximate surface area is 130 Å². The Morgan fingerprint density at radius 2 is 2.15 bits per heavy atom.